The van der Waals surface area contributed by atoms with Crippen LogP contribution in [0.3, 0.4) is 0 Å². The smallest absolute Gasteiger partial charge is 0.416 e. The number of rotatable bonds is 5. The number of carbonyl (C=O) groups is 3. The topological polar surface area (TPSA) is 109 Å². The van der Waals surface area contributed by atoms with Crippen LogP contribution in [0.25, 0.3) is 0 Å². The van der Waals surface area contributed by atoms with Crippen LogP contribution in [0.2, 0.25) is 5.02 Å². The zero-order valence-corrected chi connectivity index (χ0v) is 23.9. The molecule has 1 aromatic heterocycles. The quantitative estimate of drug-likeness (QED) is 0.418. The molecule has 220 valence electrons. The molecular weight excluding hydrogens is 619 g/mol. The Morgan fingerprint density at radius 1 is 1.10 bits per heavy atom. The predicted molar refractivity (Wildman–Crippen MR) is 148 cm³/mol. The molecule has 15 heteroatoms. The molecule has 0 aliphatic carbocycles. The number of amides is 3. The van der Waals surface area contributed by atoms with E-state index in [4.69, 9.17) is 21.1 Å². The van der Waals surface area contributed by atoms with Crippen molar-refractivity contribution >= 4 is 58.1 Å². The maximum atomic E-state index is 14.0. The number of imide groups is 1. The molecule has 3 aliphatic rings. The van der Waals surface area contributed by atoms with Gasteiger partial charge in [0.05, 0.1) is 35.4 Å². The van der Waals surface area contributed by atoms with E-state index in [1.807, 2.05) is 0 Å². The number of nitrogens with zero attached hydrogens (tertiary/aromatic N) is 2. The van der Waals surface area contributed by atoms with Gasteiger partial charge in [-0.3, -0.25) is 19.2 Å². The van der Waals surface area contributed by atoms with Crippen LogP contribution < -0.4 is 14.5 Å². The zero-order chi connectivity index (χ0) is 29.8. The van der Waals surface area contributed by atoms with Crippen molar-refractivity contribution in [3.8, 4) is 5.75 Å². The minimum Gasteiger partial charge on any atom is -0.483 e. The van der Waals surface area contributed by atoms with Gasteiger partial charge in [0.2, 0.25) is 11.8 Å². The minimum absolute atomic E-state index is 0.205. The number of thioether (sulfide) groups is 1. The Balaban J connectivity index is 1.39. The summed E-state index contributed by atoms with van der Waals surface area (Å²) < 4.78 is 51.6. The van der Waals surface area contributed by atoms with Gasteiger partial charge >= 0.3 is 11.0 Å². The third-order valence-corrected chi connectivity index (χ3v) is 9.91. The molecule has 3 atom stereocenters. The lowest BCUT2D eigenvalue weighted by Crippen LogP contribution is -2.43. The highest BCUT2D eigenvalue weighted by molar-refractivity contribution is 8.00. The number of hydrogen-bond acceptors (Lipinski definition) is 8. The van der Waals surface area contributed by atoms with Gasteiger partial charge in [-0.05, 0) is 36.4 Å². The Morgan fingerprint density at radius 3 is 2.60 bits per heavy atom. The Kier molecular flexibility index (Phi) is 7.58. The molecule has 0 bridgehead atoms. The van der Waals surface area contributed by atoms with E-state index < -0.39 is 45.5 Å². The maximum absolute atomic E-state index is 14.0. The molecule has 2 aromatic carbocycles. The molecule has 9 nitrogen and oxygen atoms in total. The number of halogens is 4. The van der Waals surface area contributed by atoms with Crippen LogP contribution in [-0.4, -0.2) is 65.8 Å². The first kappa shape index (κ1) is 28.8. The monoisotopic (exact) mass is 639 g/mol. The minimum atomic E-state index is -4.68. The molecule has 1 N–H and O–H groups in total. The second kappa shape index (κ2) is 11.1. The summed E-state index contributed by atoms with van der Waals surface area (Å²) >= 11 is 8.21. The fourth-order valence-corrected chi connectivity index (χ4v) is 8.05. The van der Waals surface area contributed by atoms with E-state index in [2.05, 4.69) is 4.98 Å². The molecule has 3 aromatic rings. The van der Waals surface area contributed by atoms with Gasteiger partial charge in [-0.15, -0.1) is 0 Å². The van der Waals surface area contributed by atoms with Crippen LogP contribution in [0, 0.1) is 5.92 Å². The fourth-order valence-electron chi connectivity index (χ4n) is 5.37. The van der Waals surface area contributed by atoms with Crippen molar-refractivity contribution in [1.82, 2.24) is 9.88 Å². The molecule has 0 saturated carbocycles. The van der Waals surface area contributed by atoms with Crippen LogP contribution in [0.4, 0.5) is 18.9 Å². The Hall–Kier alpha value is -3.33. The maximum Gasteiger partial charge on any atom is 0.416 e. The van der Waals surface area contributed by atoms with Crippen molar-refractivity contribution in [3.05, 3.63) is 73.2 Å². The van der Waals surface area contributed by atoms with Crippen LogP contribution >= 0.6 is 34.7 Å². The lowest BCUT2D eigenvalue weighted by Gasteiger charge is -2.31. The van der Waals surface area contributed by atoms with Crippen molar-refractivity contribution < 1.29 is 37.0 Å². The number of anilines is 1. The largest absolute Gasteiger partial charge is 0.483 e. The summed E-state index contributed by atoms with van der Waals surface area (Å²) in [5.41, 5.74) is -0.834. The number of aromatic amines is 1. The van der Waals surface area contributed by atoms with E-state index in [0.717, 1.165) is 46.2 Å². The van der Waals surface area contributed by atoms with Gasteiger partial charge in [0.1, 0.15) is 11.0 Å². The summed E-state index contributed by atoms with van der Waals surface area (Å²) in [6, 6.07) is 8.66. The molecule has 4 heterocycles. The van der Waals surface area contributed by atoms with Crippen molar-refractivity contribution in [3.63, 3.8) is 0 Å². The third-order valence-electron chi connectivity index (χ3n) is 7.28. The van der Waals surface area contributed by atoms with Crippen molar-refractivity contribution in [2.24, 2.45) is 5.92 Å². The van der Waals surface area contributed by atoms with E-state index in [1.54, 1.807) is 23.1 Å². The van der Waals surface area contributed by atoms with Gasteiger partial charge in [-0.25, -0.2) is 4.90 Å². The van der Waals surface area contributed by atoms with Crippen LogP contribution in [0.5, 0.6) is 5.75 Å². The van der Waals surface area contributed by atoms with E-state index in [0.29, 0.717) is 41.8 Å². The van der Waals surface area contributed by atoms with Gasteiger partial charge < -0.3 is 19.4 Å². The van der Waals surface area contributed by atoms with Gasteiger partial charge in [-0.2, -0.15) is 13.2 Å². The summed E-state index contributed by atoms with van der Waals surface area (Å²) in [6.45, 7) is 1.34. The second-order valence-electron chi connectivity index (χ2n) is 9.77. The van der Waals surface area contributed by atoms with Crippen molar-refractivity contribution in [1.29, 1.82) is 0 Å². The summed E-state index contributed by atoms with van der Waals surface area (Å²) in [5, 5.41) is -0.391. The van der Waals surface area contributed by atoms with Gasteiger partial charge in [0, 0.05) is 34.5 Å². The molecule has 0 spiro atoms. The number of nitrogens with one attached hydrogen (secondary N) is 1. The molecule has 3 aliphatic heterocycles. The van der Waals surface area contributed by atoms with E-state index in [1.165, 1.54) is 6.07 Å². The third kappa shape index (κ3) is 5.21. The first-order chi connectivity index (χ1) is 20.0. The molecule has 2 unspecified atom stereocenters. The molecule has 6 rings (SSSR count). The summed E-state index contributed by atoms with van der Waals surface area (Å²) in [5.74, 6) is -3.47. The standard InChI is InChI=1S/C27H21ClF3N3O6S2/c28-14-4-5-17(40-12-18(35)33-6-8-39-9-7-33)16(11-14)19-20-22(41-23-21(19)42-26(38)32-23)25(37)34(24(20)36)15-3-1-2-13(10-15)27(29,30)31/h1-5,10-11,19-20,22H,6-9,12H2,(H,32,38)/t19-,20?,22?/m1/s1. The number of aromatic nitrogens is 1. The number of carbonyl (C=O) groups excluding carboxylic acids is 3. The van der Waals surface area contributed by atoms with Gasteiger partial charge in [0.15, 0.2) is 6.61 Å². The van der Waals surface area contributed by atoms with Crippen LogP contribution in [0.1, 0.15) is 21.9 Å². The first-order valence-corrected chi connectivity index (χ1v) is 14.8. The average molecular weight is 640 g/mol. The van der Waals surface area contributed by atoms with E-state index in [9.17, 15) is 32.3 Å². The number of thiazole rings is 1. The molecular formula is C27H21ClF3N3O6S2. The summed E-state index contributed by atoms with van der Waals surface area (Å²) in [4.78, 5) is 58.0. The lowest BCUT2D eigenvalue weighted by atomic mass is 9.82. The number of H-pyrrole nitrogens is 1. The fraction of sp³-hybridized carbons (Fsp3) is 0.333. The average Bonchev–Trinajstić information content (AvgIpc) is 3.46. The Morgan fingerprint density at radius 2 is 1.86 bits per heavy atom. The molecule has 2 fully saturated rings. The zero-order valence-electron chi connectivity index (χ0n) is 21.5. The molecule has 2 saturated heterocycles. The highest BCUT2D eigenvalue weighted by Gasteiger charge is 2.57. The second-order valence-corrected chi connectivity index (χ2v) is 12.4. The predicted octanol–water partition coefficient (Wildman–Crippen LogP) is 4.14. The number of fused-ring (bicyclic) bond motifs is 2. The number of benzene rings is 2. The number of hydrogen-bond donors (Lipinski definition) is 1. The van der Waals surface area contributed by atoms with Gasteiger partial charge in [0.25, 0.3) is 5.91 Å². The highest BCUT2D eigenvalue weighted by atomic mass is 35.5. The highest BCUT2D eigenvalue weighted by Crippen LogP contribution is 2.55. The molecule has 3 amide bonds. The lowest BCUT2D eigenvalue weighted by molar-refractivity contribution is -0.138. The number of alkyl halides is 3. The van der Waals surface area contributed by atoms with Crippen LogP contribution in [-0.2, 0) is 25.3 Å². The first-order valence-electron chi connectivity index (χ1n) is 12.8. The van der Waals surface area contributed by atoms with E-state index >= 15 is 0 Å². The van der Waals surface area contributed by atoms with Gasteiger partial charge in [-0.1, -0.05) is 40.8 Å². The summed E-state index contributed by atoms with van der Waals surface area (Å²) in [7, 11) is 0. The summed E-state index contributed by atoms with van der Waals surface area (Å²) in [6.07, 6.45) is -4.68. The normalized spacial score (nSPS) is 22.2. The van der Waals surface area contributed by atoms with E-state index in [-0.39, 0.29) is 29.0 Å². The Bertz CT molecular complexity index is 1640. The SMILES string of the molecule is O=C(COc1ccc(Cl)cc1[C@H]1c2sc(=O)[nH]c2SC2C(=O)N(c3cccc(C(F)(F)F)c3)C(=O)C21)N1CCOCC1. The van der Waals surface area contributed by atoms with Crippen molar-refractivity contribution in [2.75, 3.05) is 37.8 Å². The Labute approximate surface area is 249 Å². The molecule has 42 heavy (non-hydrogen) atoms. The number of morpholine rings is 1. The molecule has 0 radical (unpaired) electrons. The van der Waals surface area contributed by atoms with Crippen molar-refractivity contribution in [2.45, 2.75) is 22.4 Å². The van der Waals surface area contributed by atoms with Crippen LogP contribution in [0.15, 0.2) is 52.3 Å². The number of ether oxygens (including phenoxy) is 2.